The zero-order valence-electron chi connectivity index (χ0n) is 26.7. The molecule has 3 saturated carbocycles. The van der Waals surface area contributed by atoms with E-state index >= 15 is 4.39 Å². The van der Waals surface area contributed by atoms with Gasteiger partial charge in [0.05, 0.1) is 43.0 Å². The Kier molecular flexibility index (Phi) is 9.77. The van der Waals surface area contributed by atoms with E-state index in [1.807, 2.05) is 0 Å². The van der Waals surface area contributed by atoms with Crippen molar-refractivity contribution < 1.29 is 28.2 Å². The molecule has 3 aliphatic carbocycles. The Hall–Kier alpha value is -2.08. The molecule has 11 heteroatoms. The fourth-order valence-electron chi connectivity index (χ4n) is 9.57. The predicted molar refractivity (Wildman–Crippen MR) is 166 cm³/mol. The first-order valence-corrected chi connectivity index (χ1v) is 17.9. The molecule has 0 aromatic heterocycles. The van der Waals surface area contributed by atoms with Gasteiger partial charge < -0.3 is 29.9 Å². The Labute approximate surface area is 266 Å². The lowest BCUT2D eigenvalue weighted by atomic mass is 9.65. The molecular weight excluding hydrogens is 577 g/mol. The molecule has 4 aliphatic heterocycles. The van der Waals surface area contributed by atoms with Gasteiger partial charge in [-0.1, -0.05) is 25.7 Å². The summed E-state index contributed by atoms with van der Waals surface area (Å²) in [6.45, 7) is 7.31. The maximum atomic E-state index is 16.1. The molecule has 10 nitrogen and oxygen atoms in total. The third-order valence-corrected chi connectivity index (χ3v) is 12.0. The van der Waals surface area contributed by atoms with Crippen LogP contribution in [0.15, 0.2) is 11.8 Å². The van der Waals surface area contributed by atoms with Gasteiger partial charge in [-0.05, 0) is 70.0 Å². The van der Waals surface area contributed by atoms with Crippen LogP contribution in [0.1, 0.15) is 70.6 Å². The Bertz CT molecular complexity index is 1130. The highest BCUT2D eigenvalue weighted by atomic mass is 19.1. The van der Waals surface area contributed by atoms with Crippen LogP contribution in [-0.4, -0.2) is 128 Å². The number of fused-ring (bicyclic) bond motifs is 3. The number of morpholine rings is 2. The molecule has 9 atom stereocenters. The van der Waals surface area contributed by atoms with Crippen molar-refractivity contribution in [1.29, 1.82) is 0 Å². The van der Waals surface area contributed by atoms with Crippen LogP contribution in [0.25, 0.3) is 0 Å². The van der Waals surface area contributed by atoms with E-state index in [2.05, 4.69) is 25.3 Å². The summed E-state index contributed by atoms with van der Waals surface area (Å²) in [5, 5.41) is 6.02. The SMILES string of the molecule is O=C(CCN1CCCC1)NC1C(F)CC2C(=O)C(C(=O)NCCCN3CCOCC3)=CN3C4CC5CCCCC5CC4OC1C23. The third-order valence-electron chi connectivity index (χ3n) is 12.0. The number of hydrogen-bond donors (Lipinski definition) is 2. The molecule has 6 fully saturated rings. The molecule has 0 spiro atoms. The molecule has 7 rings (SSSR count). The number of Topliss-reactive ketones (excluding diaryl/α,β-unsaturated/α-hetero) is 1. The molecule has 9 unspecified atom stereocenters. The summed E-state index contributed by atoms with van der Waals surface area (Å²) < 4.78 is 28.4. The highest BCUT2D eigenvalue weighted by molar-refractivity contribution is 6.20. The van der Waals surface area contributed by atoms with Crippen molar-refractivity contribution in [1.82, 2.24) is 25.3 Å². The van der Waals surface area contributed by atoms with Gasteiger partial charge in [-0.15, -0.1) is 0 Å². The number of amides is 2. The maximum Gasteiger partial charge on any atom is 0.256 e. The number of rotatable bonds is 9. The van der Waals surface area contributed by atoms with Gasteiger partial charge in [0.25, 0.3) is 5.91 Å². The lowest BCUT2D eigenvalue weighted by Gasteiger charge is -2.60. The van der Waals surface area contributed by atoms with Crippen LogP contribution in [0.5, 0.6) is 0 Å². The first kappa shape index (κ1) is 31.5. The number of ketones is 1. The Morgan fingerprint density at radius 1 is 0.933 bits per heavy atom. The molecule has 2 N–H and O–H groups in total. The van der Waals surface area contributed by atoms with Gasteiger partial charge in [0.15, 0.2) is 5.78 Å². The number of likely N-dealkylation sites (tertiary alicyclic amines) is 1. The quantitative estimate of drug-likeness (QED) is 0.295. The highest BCUT2D eigenvalue weighted by Gasteiger charge is 2.60. The molecule has 0 bridgehead atoms. The number of nitrogens with one attached hydrogen (secondary N) is 2. The fraction of sp³-hybridized carbons (Fsp3) is 0.853. The predicted octanol–water partition coefficient (Wildman–Crippen LogP) is 2.03. The van der Waals surface area contributed by atoms with Crippen molar-refractivity contribution >= 4 is 17.6 Å². The Balaban J connectivity index is 1.08. The summed E-state index contributed by atoms with van der Waals surface area (Å²) in [7, 11) is 0. The summed E-state index contributed by atoms with van der Waals surface area (Å²) in [6.07, 6.45) is 9.84. The first-order valence-electron chi connectivity index (χ1n) is 17.9. The van der Waals surface area contributed by atoms with Gasteiger partial charge >= 0.3 is 0 Å². The average molecular weight is 630 g/mol. The number of nitrogens with zero attached hydrogens (tertiary/aromatic N) is 3. The number of carbonyl (C=O) groups is 3. The summed E-state index contributed by atoms with van der Waals surface area (Å²) in [6, 6.07) is -1.14. The van der Waals surface area contributed by atoms with Gasteiger partial charge in [-0.3, -0.25) is 19.3 Å². The number of alkyl halides is 1. The van der Waals surface area contributed by atoms with Crippen LogP contribution < -0.4 is 10.6 Å². The van der Waals surface area contributed by atoms with E-state index in [4.69, 9.17) is 9.47 Å². The smallest absolute Gasteiger partial charge is 0.256 e. The summed E-state index contributed by atoms with van der Waals surface area (Å²) >= 11 is 0. The molecule has 2 amide bonds. The van der Waals surface area contributed by atoms with E-state index in [1.165, 1.54) is 25.7 Å². The highest BCUT2D eigenvalue weighted by Crippen LogP contribution is 2.50. The zero-order chi connectivity index (χ0) is 30.9. The monoisotopic (exact) mass is 629 g/mol. The number of ether oxygens (including phenoxy) is 2. The molecule has 0 aromatic carbocycles. The summed E-state index contributed by atoms with van der Waals surface area (Å²) in [5.41, 5.74) is 0.146. The van der Waals surface area contributed by atoms with Crippen LogP contribution in [0.3, 0.4) is 0 Å². The van der Waals surface area contributed by atoms with Crippen molar-refractivity contribution in [3.63, 3.8) is 0 Å². The second kappa shape index (κ2) is 14.0. The maximum absolute atomic E-state index is 16.1. The minimum absolute atomic E-state index is 0.0119. The normalized spacial score (nSPS) is 38.5. The van der Waals surface area contributed by atoms with Gasteiger partial charge in [0, 0.05) is 44.7 Å². The third kappa shape index (κ3) is 6.69. The second-order valence-electron chi connectivity index (χ2n) is 14.6. The topological polar surface area (TPSA) is 103 Å². The van der Waals surface area contributed by atoms with Crippen molar-refractivity contribution in [3.8, 4) is 0 Å². The summed E-state index contributed by atoms with van der Waals surface area (Å²) in [4.78, 5) is 47.4. The lowest BCUT2D eigenvalue weighted by Crippen LogP contribution is -2.73. The van der Waals surface area contributed by atoms with Crippen LogP contribution in [0.2, 0.25) is 0 Å². The van der Waals surface area contributed by atoms with E-state index in [1.54, 1.807) is 6.20 Å². The van der Waals surface area contributed by atoms with Crippen molar-refractivity contribution in [2.75, 3.05) is 59.0 Å². The minimum atomic E-state index is -1.42. The van der Waals surface area contributed by atoms with E-state index in [0.29, 0.717) is 31.3 Å². The van der Waals surface area contributed by atoms with E-state index in [0.717, 1.165) is 78.0 Å². The number of halogens is 1. The minimum Gasteiger partial charge on any atom is -0.379 e. The molecule has 0 radical (unpaired) electrons. The van der Waals surface area contributed by atoms with Crippen LogP contribution in [0.4, 0.5) is 4.39 Å². The average Bonchev–Trinajstić information content (AvgIpc) is 3.58. The zero-order valence-corrected chi connectivity index (χ0v) is 26.7. The van der Waals surface area contributed by atoms with Gasteiger partial charge in [-0.25, -0.2) is 4.39 Å². The number of carbonyl (C=O) groups excluding carboxylic acids is 3. The van der Waals surface area contributed by atoms with E-state index in [-0.39, 0.29) is 47.8 Å². The van der Waals surface area contributed by atoms with Crippen LogP contribution in [-0.2, 0) is 23.9 Å². The molecule has 0 aromatic rings. The van der Waals surface area contributed by atoms with Gasteiger partial charge in [-0.2, -0.15) is 0 Å². The first-order chi connectivity index (χ1) is 22.0. The summed E-state index contributed by atoms with van der Waals surface area (Å²) in [5.74, 6) is -0.278. The molecule has 45 heavy (non-hydrogen) atoms. The second-order valence-corrected chi connectivity index (χ2v) is 14.6. The fourth-order valence-corrected chi connectivity index (χ4v) is 9.57. The molecular formula is C34H52FN5O5. The lowest BCUT2D eigenvalue weighted by molar-refractivity contribution is -0.208. The van der Waals surface area contributed by atoms with Crippen molar-refractivity contribution in [2.24, 2.45) is 17.8 Å². The van der Waals surface area contributed by atoms with Gasteiger partial charge in [0.1, 0.15) is 12.3 Å². The number of hydrogen-bond acceptors (Lipinski definition) is 8. The van der Waals surface area contributed by atoms with Gasteiger partial charge in [0.2, 0.25) is 5.91 Å². The van der Waals surface area contributed by atoms with E-state index in [9.17, 15) is 14.4 Å². The standard InChI is InChI=1S/C34H52FN5O5/c35-26-20-24-31-33(30(26)37-29(41)8-13-38-10-3-4-11-38)45-28-19-23-7-2-1-6-22(23)18-27(28)40(31)21-25(32(24)42)34(43)36-9-5-12-39-14-16-44-17-15-39/h21-24,26-28,30-31,33H,1-20H2,(H,36,43)(H,37,41). The van der Waals surface area contributed by atoms with E-state index < -0.39 is 24.2 Å². The van der Waals surface area contributed by atoms with Crippen molar-refractivity contribution in [3.05, 3.63) is 11.8 Å². The Morgan fingerprint density at radius 3 is 2.44 bits per heavy atom. The Morgan fingerprint density at radius 2 is 1.67 bits per heavy atom. The van der Waals surface area contributed by atoms with Crippen molar-refractivity contribution in [2.45, 2.75) is 107 Å². The molecule has 3 saturated heterocycles. The largest absolute Gasteiger partial charge is 0.379 e. The molecule has 4 heterocycles. The van der Waals surface area contributed by atoms with Crippen LogP contribution in [0, 0.1) is 17.8 Å². The van der Waals surface area contributed by atoms with Crippen LogP contribution >= 0.6 is 0 Å². The molecule has 7 aliphatic rings. The molecule has 250 valence electrons.